The lowest BCUT2D eigenvalue weighted by Crippen LogP contribution is -2.44. The largest absolute Gasteiger partial charge is 0.496 e. The number of benzene rings is 2. The van der Waals surface area contributed by atoms with Crippen molar-refractivity contribution in [2.45, 2.75) is 13.0 Å². The average molecular weight is 374 g/mol. The van der Waals surface area contributed by atoms with Crippen LogP contribution in [0.4, 0.5) is 10.1 Å². The number of amides is 2. The molecule has 26 heavy (non-hydrogen) atoms. The maximum Gasteiger partial charge on any atom is 0.255 e. The van der Waals surface area contributed by atoms with Gasteiger partial charge < -0.3 is 15.0 Å². The number of nitrogens with zero attached hydrogens (tertiary/aromatic N) is 1. The lowest BCUT2D eigenvalue weighted by molar-refractivity contribution is -0.119. The Bertz CT molecular complexity index is 843. The molecule has 2 amide bonds. The van der Waals surface area contributed by atoms with Crippen molar-refractivity contribution in [1.82, 2.24) is 4.90 Å². The first kappa shape index (κ1) is 18.3. The number of methoxy groups -OCH3 is 1. The molecule has 0 spiro atoms. The second-order valence-corrected chi connectivity index (χ2v) is 6.94. The summed E-state index contributed by atoms with van der Waals surface area (Å²) in [6.07, 6.45) is 0. The van der Waals surface area contributed by atoms with Crippen LogP contribution in [0.25, 0.3) is 0 Å². The highest BCUT2D eigenvalue weighted by atomic mass is 32.2. The van der Waals surface area contributed by atoms with Crippen molar-refractivity contribution in [3.05, 3.63) is 59.4 Å². The van der Waals surface area contributed by atoms with Gasteiger partial charge in [0, 0.05) is 11.3 Å². The third-order valence-electron chi connectivity index (χ3n) is 4.23. The molecule has 1 N–H and O–H groups in total. The molecule has 1 heterocycles. The first-order valence-electron chi connectivity index (χ1n) is 8.10. The molecule has 1 fully saturated rings. The molecule has 1 unspecified atom stereocenters. The number of thioether (sulfide) groups is 1. The first-order chi connectivity index (χ1) is 12.5. The van der Waals surface area contributed by atoms with Gasteiger partial charge in [-0.3, -0.25) is 9.59 Å². The molecule has 1 aliphatic rings. The van der Waals surface area contributed by atoms with Crippen LogP contribution in [0.3, 0.4) is 0 Å². The molecule has 0 saturated carbocycles. The lowest BCUT2D eigenvalue weighted by Gasteiger charge is -2.23. The average Bonchev–Trinajstić information content (AvgIpc) is 3.13. The standard InChI is InChI=1S/C19H19FN2O3S/c1-12-7-8-13(9-17(12)25-2)19(24)22-11-26-10-16(22)18(23)21-15-6-4-3-5-14(15)20/h3-9,16H,10-11H2,1-2H3,(H,21,23). The zero-order valence-electron chi connectivity index (χ0n) is 14.5. The fourth-order valence-electron chi connectivity index (χ4n) is 2.76. The van der Waals surface area contributed by atoms with Crippen LogP contribution in [0, 0.1) is 12.7 Å². The summed E-state index contributed by atoms with van der Waals surface area (Å²) in [5.41, 5.74) is 1.49. The number of aryl methyl sites for hydroxylation is 1. The van der Waals surface area contributed by atoms with Crippen LogP contribution < -0.4 is 10.1 Å². The van der Waals surface area contributed by atoms with Gasteiger partial charge >= 0.3 is 0 Å². The smallest absolute Gasteiger partial charge is 0.255 e. The molecule has 136 valence electrons. The molecule has 0 radical (unpaired) electrons. The third kappa shape index (κ3) is 3.67. The minimum Gasteiger partial charge on any atom is -0.496 e. The molecular formula is C19H19FN2O3S. The van der Waals surface area contributed by atoms with Crippen LogP contribution in [0.5, 0.6) is 5.75 Å². The van der Waals surface area contributed by atoms with E-state index in [2.05, 4.69) is 5.32 Å². The predicted octanol–water partition coefficient (Wildman–Crippen LogP) is 3.30. The normalized spacial score (nSPS) is 16.4. The minimum atomic E-state index is -0.653. The van der Waals surface area contributed by atoms with E-state index in [9.17, 15) is 14.0 Å². The number of halogens is 1. The van der Waals surface area contributed by atoms with Crippen molar-refractivity contribution in [2.24, 2.45) is 0 Å². The van der Waals surface area contributed by atoms with E-state index in [4.69, 9.17) is 4.74 Å². The van der Waals surface area contributed by atoms with E-state index < -0.39 is 17.8 Å². The Morgan fingerprint density at radius 3 is 2.77 bits per heavy atom. The highest BCUT2D eigenvalue weighted by Gasteiger charge is 2.35. The fourth-order valence-corrected chi connectivity index (χ4v) is 3.91. The zero-order chi connectivity index (χ0) is 18.7. The van der Waals surface area contributed by atoms with Crippen LogP contribution in [-0.2, 0) is 4.79 Å². The number of hydrogen-bond acceptors (Lipinski definition) is 4. The molecule has 0 aromatic heterocycles. The second-order valence-electron chi connectivity index (χ2n) is 5.94. The van der Waals surface area contributed by atoms with E-state index >= 15 is 0 Å². The lowest BCUT2D eigenvalue weighted by atomic mass is 10.1. The van der Waals surface area contributed by atoms with Gasteiger partial charge in [-0.1, -0.05) is 18.2 Å². The van der Waals surface area contributed by atoms with Crippen molar-refractivity contribution in [3.8, 4) is 5.75 Å². The molecule has 7 heteroatoms. The highest BCUT2D eigenvalue weighted by Crippen LogP contribution is 2.27. The first-order valence-corrected chi connectivity index (χ1v) is 9.25. The van der Waals surface area contributed by atoms with Crippen LogP contribution in [-0.4, -0.2) is 41.5 Å². The second kappa shape index (κ2) is 7.78. The summed E-state index contributed by atoms with van der Waals surface area (Å²) in [6, 6.07) is 10.5. The maximum absolute atomic E-state index is 13.8. The Balaban J connectivity index is 1.78. The van der Waals surface area contributed by atoms with Crippen molar-refractivity contribution < 1.29 is 18.7 Å². The summed E-state index contributed by atoms with van der Waals surface area (Å²) in [5, 5.41) is 2.57. The molecule has 1 aliphatic heterocycles. The van der Waals surface area contributed by atoms with Gasteiger partial charge in [-0.25, -0.2) is 4.39 Å². The van der Waals surface area contributed by atoms with Gasteiger partial charge in [0.15, 0.2) is 0 Å². The summed E-state index contributed by atoms with van der Waals surface area (Å²) in [5.74, 6) is 0.344. The van der Waals surface area contributed by atoms with Gasteiger partial charge in [-0.05, 0) is 36.8 Å². The van der Waals surface area contributed by atoms with E-state index in [-0.39, 0.29) is 11.6 Å². The Labute approximate surface area is 155 Å². The SMILES string of the molecule is COc1cc(C(=O)N2CSCC2C(=O)Nc2ccccc2F)ccc1C. The molecular weight excluding hydrogens is 355 g/mol. The number of rotatable bonds is 4. The number of carbonyl (C=O) groups is 2. The van der Waals surface area contributed by atoms with E-state index in [1.165, 1.54) is 28.8 Å². The maximum atomic E-state index is 13.8. The number of para-hydroxylation sites is 1. The zero-order valence-corrected chi connectivity index (χ0v) is 15.3. The quantitative estimate of drug-likeness (QED) is 0.892. The number of anilines is 1. The van der Waals surface area contributed by atoms with Gasteiger partial charge in [0.05, 0.1) is 18.7 Å². The summed E-state index contributed by atoms with van der Waals surface area (Å²) in [4.78, 5) is 26.9. The molecule has 0 bridgehead atoms. The Kier molecular flexibility index (Phi) is 5.46. The van der Waals surface area contributed by atoms with Gasteiger partial charge in [-0.2, -0.15) is 0 Å². The van der Waals surface area contributed by atoms with Crippen LogP contribution in [0.1, 0.15) is 15.9 Å². The van der Waals surface area contributed by atoms with Gasteiger partial charge in [-0.15, -0.1) is 11.8 Å². The number of carbonyl (C=O) groups excluding carboxylic acids is 2. The van der Waals surface area contributed by atoms with Gasteiger partial charge in [0.25, 0.3) is 5.91 Å². The van der Waals surface area contributed by atoms with Crippen LogP contribution in [0.2, 0.25) is 0 Å². The van der Waals surface area contributed by atoms with E-state index in [0.717, 1.165) is 5.56 Å². The molecule has 1 atom stereocenters. The van der Waals surface area contributed by atoms with Crippen molar-refractivity contribution in [3.63, 3.8) is 0 Å². The fraction of sp³-hybridized carbons (Fsp3) is 0.263. The molecule has 2 aromatic rings. The Hall–Kier alpha value is -2.54. The number of nitrogens with one attached hydrogen (secondary N) is 1. The molecule has 0 aliphatic carbocycles. The summed E-state index contributed by atoms with van der Waals surface area (Å²) < 4.78 is 19.0. The van der Waals surface area contributed by atoms with Crippen molar-refractivity contribution in [2.75, 3.05) is 24.1 Å². The van der Waals surface area contributed by atoms with Gasteiger partial charge in [0.2, 0.25) is 5.91 Å². The van der Waals surface area contributed by atoms with E-state index in [0.29, 0.717) is 22.9 Å². The molecule has 5 nitrogen and oxygen atoms in total. The highest BCUT2D eigenvalue weighted by molar-refractivity contribution is 7.99. The topological polar surface area (TPSA) is 58.6 Å². The Morgan fingerprint density at radius 2 is 2.04 bits per heavy atom. The monoisotopic (exact) mass is 374 g/mol. The van der Waals surface area contributed by atoms with Crippen molar-refractivity contribution in [1.29, 1.82) is 0 Å². The number of hydrogen-bond donors (Lipinski definition) is 1. The summed E-state index contributed by atoms with van der Waals surface area (Å²) in [7, 11) is 1.55. The van der Waals surface area contributed by atoms with E-state index in [1.807, 2.05) is 13.0 Å². The minimum absolute atomic E-state index is 0.110. The van der Waals surface area contributed by atoms with Crippen LogP contribution in [0.15, 0.2) is 42.5 Å². The van der Waals surface area contributed by atoms with Crippen molar-refractivity contribution >= 4 is 29.3 Å². The predicted molar refractivity (Wildman–Crippen MR) is 100 cm³/mol. The molecule has 1 saturated heterocycles. The molecule has 2 aromatic carbocycles. The Morgan fingerprint density at radius 1 is 1.27 bits per heavy atom. The van der Waals surface area contributed by atoms with Gasteiger partial charge in [0.1, 0.15) is 17.6 Å². The summed E-state index contributed by atoms with van der Waals surface area (Å²) in [6.45, 7) is 1.89. The number of ether oxygens (including phenoxy) is 1. The van der Waals surface area contributed by atoms with Crippen LogP contribution >= 0.6 is 11.8 Å². The third-order valence-corrected chi connectivity index (χ3v) is 5.24. The summed E-state index contributed by atoms with van der Waals surface area (Å²) >= 11 is 1.49. The molecule has 3 rings (SSSR count). The van der Waals surface area contributed by atoms with E-state index in [1.54, 1.807) is 31.4 Å².